The Hall–Kier alpha value is -4.30. The third kappa shape index (κ3) is 5.39. The van der Waals surface area contributed by atoms with E-state index in [2.05, 4.69) is 33.9 Å². The minimum Gasteiger partial charge on any atom is -0.508 e. The average Bonchev–Trinajstić information content (AvgIpc) is 3.39. The number of carbonyl (C=O) groups is 1. The van der Waals surface area contributed by atoms with Gasteiger partial charge in [-0.15, -0.1) is 0 Å². The van der Waals surface area contributed by atoms with Gasteiger partial charge in [-0.25, -0.2) is 4.79 Å². The molecule has 11 heteroatoms. The van der Waals surface area contributed by atoms with Crippen LogP contribution in [0.15, 0.2) is 36.4 Å². The number of piperazine rings is 1. The quantitative estimate of drug-likeness (QED) is 0.465. The van der Waals surface area contributed by atoms with Crippen LogP contribution in [0.4, 0.5) is 16.3 Å². The zero-order valence-corrected chi connectivity index (χ0v) is 23.2. The maximum atomic E-state index is 11.8. The van der Waals surface area contributed by atoms with Crippen molar-refractivity contribution < 1.29 is 19.7 Å². The normalized spacial score (nSPS) is 21.1. The number of rotatable bonds is 6. The van der Waals surface area contributed by atoms with Crippen LogP contribution in [-0.4, -0.2) is 94.5 Å². The lowest BCUT2D eigenvalue weighted by atomic mass is 10.0. The van der Waals surface area contributed by atoms with Crippen molar-refractivity contribution in [2.75, 3.05) is 56.2 Å². The molecule has 41 heavy (non-hydrogen) atoms. The van der Waals surface area contributed by atoms with E-state index in [-0.39, 0.29) is 12.2 Å². The van der Waals surface area contributed by atoms with Crippen molar-refractivity contribution in [1.82, 2.24) is 19.8 Å². The molecule has 2 aromatic carbocycles. The summed E-state index contributed by atoms with van der Waals surface area (Å²) in [5.74, 6) is 0.982. The van der Waals surface area contributed by atoms with Crippen molar-refractivity contribution in [1.29, 1.82) is 5.26 Å². The highest BCUT2D eigenvalue weighted by atomic mass is 16.5. The first-order valence-corrected chi connectivity index (χ1v) is 14.2. The number of benzene rings is 2. The zero-order valence-electron chi connectivity index (χ0n) is 23.2. The van der Waals surface area contributed by atoms with Crippen molar-refractivity contribution in [3.8, 4) is 17.8 Å². The molecule has 3 aliphatic rings. The summed E-state index contributed by atoms with van der Waals surface area (Å²) in [7, 11) is 2.11. The van der Waals surface area contributed by atoms with Crippen LogP contribution in [-0.2, 0) is 13.0 Å². The van der Waals surface area contributed by atoms with Gasteiger partial charge in [0.15, 0.2) is 0 Å². The molecule has 6 rings (SSSR count). The van der Waals surface area contributed by atoms with Crippen molar-refractivity contribution in [3.05, 3.63) is 47.7 Å². The van der Waals surface area contributed by atoms with Crippen LogP contribution in [0.3, 0.4) is 0 Å². The average molecular weight is 558 g/mol. The molecule has 0 radical (unpaired) electrons. The van der Waals surface area contributed by atoms with E-state index in [1.807, 2.05) is 18.2 Å². The lowest BCUT2D eigenvalue weighted by Crippen LogP contribution is -2.55. The number of fused-ring (bicyclic) bond motifs is 2. The highest BCUT2D eigenvalue weighted by Gasteiger charge is 2.34. The van der Waals surface area contributed by atoms with Crippen molar-refractivity contribution in [2.24, 2.45) is 0 Å². The lowest BCUT2D eigenvalue weighted by Gasteiger charge is -2.41. The Labute approximate surface area is 239 Å². The van der Waals surface area contributed by atoms with Crippen LogP contribution >= 0.6 is 0 Å². The first kappa shape index (κ1) is 26.9. The van der Waals surface area contributed by atoms with Gasteiger partial charge in [0.1, 0.15) is 18.2 Å². The van der Waals surface area contributed by atoms with Crippen LogP contribution in [0.25, 0.3) is 10.8 Å². The molecule has 2 saturated heterocycles. The third-order valence-electron chi connectivity index (χ3n) is 8.62. The fraction of sp³-hybridized carbons (Fsp3) is 0.467. The number of ether oxygens (including phenoxy) is 1. The fourth-order valence-electron chi connectivity index (χ4n) is 6.40. The minimum absolute atomic E-state index is 0.117. The topological polar surface area (TPSA) is 129 Å². The number of likely N-dealkylation sites (tertiary alicyclic amines) is 1. The first-order valence-electron chi connectivity index (χ1n) is 14.2. The number of nitriles is 1. The summed E-state index contributed by atoms with van der Waals surface area (Å²) in [6.45, 7) is 3.93. The molecule has 0 spiro atoms. The highest BCUT2D eigenvalue weighted by Crippen LogP contribution is 2.37. The number of phenolic OH excluding ortho intramolecular Hbond substituents is 1. The Balaban J connectivity index is 1.34. The van der Waals surface area contributed by atoms with Gasteiger partial charge in [0, 0.05) is 54.9 Å². The molecular formula is C30H35N7O4. The van der Waals surface area contributed by atoms with Crippen LogP contribution in [0, 0.1) is 11.3 Å². The van der Waals surface area contributed by atoms with Gasteiger partial charge in [-0.2, -0.15) is 15.2 Å². The standard InChI is InChI=1S/C30H35N7O4/c1-34-11-4-6-22(34)19-41-29-32-26-18-35(27-16-23(38)15-20-5-2-3-7-24(20)27)12-9-25(26)28(33-29)36-13-14-37(30(39)40)21(17-36)8-10-31/h2-3,5,7,15-16,21-22,38H,4,6,8-9,11-14,17-19H2,1H3,(H,39,40)/t21-,22-/m0/s1. The number of hydrogen-bond donors (Lipinski definition) is 2. The number of hydrogen-bond acceptors (Lipinski definition) is 9. The molecule has 0 bridgehead atoms. The van der Waals surface area contributed by atoms with Crippen molar-refractivity contribution >= 4 is 28.4 Å². The van der Waals surface area contributed by atoms with Gasteiger partial charge in [-0.05, 0) is 44.3 Å². The summed E-state index contributed by atoms with van der Waals surface area (Å²) in [5, 5.41) is 31.6. The Kier molecular flexibility index (Phi) is 7.41. The molecule has 3 aliphatic heterocycles. The van der Waals surface area contributed by atoms with Crippen molar-refractivity contribution in [3.63, 3.8) is 0 Å². The van der Waals surface area contributed by atoms with Gasteiger partial charge in [0.05, 0.1) is 30.8 Å². The SMILES string of the molecule is CN1CCC[C@H]1COc1nc2c(c(N3CCN(C(=O)O)[C@@H](CC#N)C3)n1)CCN(c1cc(O)cc3ccccc13)C2. The van der Waals surface area contributed by atoms with Crippen molar-refractivity contribution in [2.45, 2.75) is 44.3 Å². The smallest absolute Gasteiger partial charge is 0.407 e. The molecule has 3 aromatic rings. The first-order chi connectivity index (χ1) is 19.9. The summed E-state index contributed by atoms with van der Waals surface area (Å²) < 4.78 is 6.22. The second-order valence-corrected chi connectivity index (χ2v) is 11.1. The van der Waals surface area contributed by atoms with E-state index in [1.54, 1.807) is 12.1 Å². The zero-order chi connectivity index (χ0) is 28.5. The van der Waals surface area contributed by atoms with E-state index in [9.17, 15) is 20.3 Å². The second-order valence-electron chi connectivity index (χ2n) is 11.1. The molecule has 1 aromatic heterocycles. The molecule has 11 nitrogen and oxygen atoms in total. The van der Waals surface area contributed by atoms with E-state index in [1.165, 1.54) is 4.90 Å². The number of aromatic hydroxyl groups is 1. The van der Waals surface area contributed by atoms with Gasteiger partial charge in [-0.3, -0.25) is 0 Å². The second kappa shape index (κ2) is 11.3. The fourth-order valence-corrected chi connectivity index (χ4v) is 6.40. The Bertz CT molecular complexity index is 1490. The van der Waals surface area contributed by atoms with Gasteiger partial charge in [0.25, 0.3) is 0 Å². The summed E-state index contributed by atoms with van der Waals surface area (Å²) in [4.78, 5) is 29.6. The number of carboxylic acid groups (broad SMARTS) is 1. The van der Waals surface area contributed by atoms with Gasteiger partial charge in [-0.1, -0.05) is 24.3 Å². The molecule has 1 amide bonds. The van der Waals surface area contributed by atoms with Crippen LogP contribution < -0.4 is 14.5 Å². The van der Waals surface area contributed by atoms with E-state index in [4.69, 9.17) is 14.7 Å². The maximum absolute atomic E-state index is 11.8. The number of aromatic nitrogens is 2. The van der Waals surface area contributed by atoms with E-state index in [0.717, 1.165) is 52.9 Å². The molecule has 0 aliphatic carbocycles. The molecule has 0 unspecified atom stereocenters. The third-order valence-corrected chi connectivity index (χ3v) is 8.62. The Morgan fingerprint density at radius 3 is 2.76 bits per heavy atom. The number of amides is 1. The van der Waals surface area contributed by atoms with Gasteiger partial charge < -0.3 is 34.5 Å². The molecule has 2 fully saturated rings. The van der Waals surface area contributed by atoms with Crippen LogP contribution in [0.2, 0.25) is 0 Å². The number of phenols is 1. The predicted octanol–water partition coefficient (Wildman–Crippen LogP) is 3.45. The highest BCUT2D eigenvalue weighted by molar-refractivity contribution is 5.95. The monoisotopic (exact) mass is 557 g/mol. The molecule has 214 valence electrons. The maximum Gasteiger partial charge on any atom is 0.407 e. The van der Waals surface area contributed by atoms with E-state index >= 15 is 0 Å². The van der Waals surface area contributed by atoms with Crippen LogP contribution in [0.1, 0.15) is 30.5 Å². The molecular weight excluding hydrogens is 522 g/mol. The van der Waals surface area contributed by atoms with Gasteiger partial charge >= 0.3 is 12.1 Å². The summed E-state index contributed by atoms with van der Waals surface area (Å²) in [6, 6.07) is 13.9. The molecule has 2 atom stereocenters. The van der Waals surface area contributed by atoms with Gasteiger partial charge in [0.2, 0.25) is 0 Å². The molecule has 0 saturated carbocycles. The number of nitrogens with zero attached hydrogens (tertiary/aromatic N) is 7. The summed E-state index contributed by atoms with van der Waals surface area (Å²) in [6.07, 6.45) is 2.00. The predicted molar refractivity (Wildman–Crippen MR) is 155 cm³/mol. The minimum atomic E-state index is -1.01. The Morgan fingerprint density at radius 2 is 1.98 bits per heavy atom. The largest absolute Gasteiger partial charge is 0.508 e. The van der Waals surface area contributed by atoms with Crippen LogP contribution in [0.5, 0.6) is 11.8 Å². The molecule has 4 heterocycles. The lowest BCUT2D eigenvalue weighted by molar-refractivity contribution is 0.119. The number of likely N-dealkylation sites (N-methyl/N-ethyl adjacent to an activating group) is 1. The van der Waals surface area contributed by atoms with E-state index in [0.29, 0.717) is 57.8 Å². The summed E-state index contributed by atoms with van der Waals surface area (Å²) in [5.41, 5.74) is 2.84. The summed E-state index contributed by atoms with van der Waals surface area (Å²) >= 11 is 0. The Morgan fingerprint density at radius 1 is 1.12 bits per heavy atom. The number of anilines is 2. The van der Waals surface area contributed by atoms with E-state index < -0.39 is 12.1 Å². The molecule has 2 N–H and O–H groups in total.